The molecule has 1 aromatic heterocycles. The van der Waals surface area contributed by atoms with Crippen molar-refractivity contribution in [1.82, 2.24) is 15.2 Å². The van der Waals surface area contributed by atoms with Crippen LogP contribution < -0.4 is 11.1 Å². The first-order chi connectivity index (χ1) is 8.19. The first-order valence-corrected chi connectivity index (χ1v) is 5.68. The highest BCUT2D eigenvalue weighted by Gasteiger charge is 2.05. The molecule has 0 bridgehead atoms. The Morgan fingerprint density at radius 2 is 2.35 bits per heavy atom. The third-order valence-corrected chi connectivity index (χ3v) is 2.36. The Morgan fingerprint density at radius 3 is 3.00 bits per heavy atom. The second kappa shape index (κ2) is 4.92. The van der Waals surface area contributed by atoms with Gasteiger partial charge in [0.2, 0.25) is 0 Å². The fourth-order valence-corrected chi connectivity index (χ4v) is 1.58. The number of H-pyrrole nitrogens is 1. The lowest BCUT2D eigenvalue weighted by Gasteiger charge is -2.04. The van der Waals surface area contributed by atoms with Crippen LogP contribution in [-0.4, -0.2) is 20.3 Å². The lowest BCUT2D eigenvalue weighted by molar-refractivity contribution is 0.946. The summed E-state index contributed by atoms with van der Waals surface area (Å²) in [6.45, 7) is 2.02. The molecule has 1 heterocycles. The maximum absolute atomic E-state index is 5.42. The van der Waals surface area contributed by atoms with Gasteiger partial charge >= 0.3 is 0 Å². The van der Waals surface area contributed by atoms with E-state index in [4.69, 9.17) is 18.0 Å². The quantitative estimate of drug-likeness (QED) is 0.719. The minimum Gasteiger partial charge on any atom is -0.376 e. The van der Waals surface area contributed by atoms with Gasteiger partial charge in [-0.15, -0.1) is 0 Å². The Kier molecular flexibility index (Phi) is 3.34. The number of anilines is 1. The Hall–Kier alpha value is -1.95. The molecule has 0 aliphatic heterocycles. The van der Waals surface area contributed by atoms with Gasteiger partial charge in [0, 0.05) is 17.7 Å². The summed E-state index contributed by atoms with van der Waals surface area (Å²) in [5, 5.41) is 10.2. The van der Waals surface area contributed by atoms with Gasteiger partial charge in [0.1, 0.15) is 5.82 Å². The number of thiocarbonyl (C=S) groups is 1. The Labute approximate surface area is 104 Å². The van der Waals surface area contributed by atoms with Crippen molar-refractivity contribution in [3.8, 4) is 11.4 Å². The molecule has 0 radical (unpaired) electrons. The number of nitrogens with two attached hydrogens (primary N) is 1. The summed E-state index contributed by atoms with van der Waals surface area (Å²) in [4.78, 5) is 4.36. The van der Waals surface area contributed by atoms with Gasteiger partial charge in [-0.25, -0.2) is 4.98 Å². The van der Waals surface area contributed by atoms with Crippen molar-refractivity contribution in [2.24, 2.45) is 5.73 Å². The topological polar surface area (TPSA) is 79.6 Å². The monoisotopic (exact) mass is 247 g/mol. The van der Waals surface area contributed by atoms with Crippen LogP contribution in [0.15, 0.2) is 24.3 Å². The number of hydrogen-bond acceptors (Lipinski definition) is 3. The number of aryl methyl sites for hydroxylation is 1. The highest BCUT2D eigenvalue weighted by Crippen LogP contribution is 2.19. The van der Waals surface area contributed by atoms with E-state index in [0.717, 1.165) is 23.5 Å². The summed E-state index contributed by atoms with van der Waals surface area (Å²) >= 11 is 4.79. The molecule has 1 aromatic carbocycles. The standard InChI is InChI=1S/C11H13N5S/c1-2-9-14-10(16-15-9)7-4-3-5-8(6-7)13-11(12)17/h3-6H,2H2,1H3,(H3,12,13,17)(H,14,15,16). The van der Waals surface area contributed by atoms with Gasteiger partial charge in [0.05, 0.1) is 0 Å². The van der Waals surface area contributed by atoms with E-state index < -0.39 is 0 Å². The minimum atomic E-state index is 0.242. The summed E-state index contributed by atoms with van der Waals surface area (Å²) in [7, 11) is 0. The highest BCUT2D eigenvalue weighted by atomic mass is 32.1. The third-order valence-electron chi connectivity index (χ3n) is 2.25. The van der Waals surface area contributed by atoms with Crippen LogP contribution in [0.2, 0.25) is 0 Å². The normalized spacial score (nSPS) is 10.2. The van der Waals surface area contributed by atoms with Gasteiger partial charge in [-0.3, -0.25) is 5.10 Å². The number of aromatic amines is 1. The van der Waals surface area contributed by atoms with Gasteiger partial charge < -0.3 is 11.1 Å². The lowest BCUT2D eigenvalue weighted by Crippen LogP contribution is -2.18. The summed E-state index contributed by atoms with van der Waals surface area (Å²) < 4.78 is 0. The molecule has 0 amide bonds. The number of nitrogens with zero attached hydrogens (tertiary/aromatic N) is 2. The molecule has 17 heavy (non-hydrogen) atoms. The van der Waals surface area contributed by atoms with Crippen LogP contribution in [0.1, 0.15) is 12.7 Å². The molecule has 88 valence electrons. The fraction of sp³-hybridized carbons (Fsp3) is 0.182. The third kappa shape index (κ3) is 2.79. The Bertz CT molecular complexity index is 534. The highest BCUT2D eigenvalue weighted by molar-refractivity contribution is 7.80. The molecule has 0 aliphatic carbocycles. The number of nitrogens with one attached hydrogen (secondary N) is 2. The molecule has 5 nitrogen and oxygen atoms in total. The van der Waals surface area contributed by atoms with Crippen molar-refractivity contribution < 1.29 is 0 Å². The summed E-state index contributed by atoms with van der Waals surface area (Å²) in [6.07, 6.45) is 0.831. The van der Waals surface area contributed by atoms with Crippen molar-refractivity contribution in [3.63, 3.8) is 0 Å². The van der Waals surface area contributed by atoms with Crippen LogP contribution in [0.5, 0.6) is 0 Å². The van der Waals surface area contributed by atoms with Crippen LogP contribution in [0.4, 0.5) is 5.69 Å². The largest absolute Gasteiger partial charge is 0.376 e. The molecule has 0 spiro atoms. The maximum atomic E-state index is 5.42. The molecule has 4 N–H and O–H groups in total. The molecular weight excluding hydrogens is 234 g/mol. The first kappa shape index (κ1) is 11.5. The maximum Gasteiger partial charge on any atom is 0.181 e. The van der Waals surface area contributed by atoms with Gasteiger partial charge in [0.25, 0.3) is 0 Å². The second-order valence-corrected chi connectivity index (χ2v) is 3.97. The number of aromatic nitrogens is 3. The van der Waals surface area contributed by atoms with E-state index in [1.54, 1.807) is 0 Å². The van der Waals surface area contributed by atoms with E-state index in [9.17, 15) is 0 Å². The van der Waals surface area contributed by atoms with Crippen LogP contribution in [0, 0.1) is 0 Å². The van der Waals surface area contributed by atoms with Crippen molar-refractivity contribution >= 4 is 23.0 Å². The molecule has 0 saturated carbocycles. The van der Waals surface area contributed by atoms with Gasteiger partial charge in [0.15, 0.2) is 10.9 Å². The smallest absolute Gasteiger partial charge is 0.181 e. The van der Waals surface area contributed by atoms with E-state index in [1.807, 2.05) is 31.2 Å². The average molecular weight is 247 g/mol. The van der Waals surface area contributed by atoms with E-state index in [1.165, 1.54) is 0 Å². The summed E-state index contributed by atoms with van der Waals surface area (Å²) in [6, 6.07) is 7.63. The molecule has 0 atom stereocenters. The SMILES string of the molecule is CCc1nc(-c2cccc(NC(N)=S)c2)n[nH]1. The van der Waals surface area contributed by atoms with Gasteiger partial charge in [-0.05, 0) is 24.4 Å². The van der Waals surface area contributed by atoms with Crippen LogP contribution in [-0.2, 0) is 6.42 Å². The van der Waals surface area contributed by atoms with Crippen molar-refractivity contribution in [2.45, 2.75) is 13.3 Å². The van der Waals surface area contributed by atoms with Gasteiger partial charge in [-0.2, -0.15) is 5.10 Å². The van der Waals surface area contributed by atoms with Crippen LogP contribution in [0.3, 0.4) is 0 Å². The molecule has 0 unspecified atom stereocenters. The van der Waals surface area contributed by atoms with E-state index in [-0.39, 0.29) is 5.11 Å². The number of hydrogen-bond donors (Lipinski definition) is 3. The molecule has 2 aromatic rings. The Morgan fingerprint density at radius 1 is 1.53 bits per heavy atom. The zero-order valence-electron chi connectivity index (χ0n) is 9.40. The predicted octanol–water partition coefficient (Wildman–Crippen LogP) is 1.69. The van der Waals surface area contributed by atoms with E-state index >= 15 is 0 Å². The molecule has 0 fully saturated rings. The Balaban J connectivity index is 2.29. The zero-order chi connectivity index (χ0) is 12.3. The number of rotatable bonds is 3. The minimum absolute atomic E-state index is 0.242. The molecule has 6 heteroatoms. The van der Waals surface area contributed by atoms with Crippen molar-refractivity contribution in [1.29, 1.82) is 0 Å². The molecular formula is C11H13N5S. The van der Waals surface area contributed by atoms with E-state index in [0.29, 0.717) is 5.82 Å². The lowest BCUT2D eigenvalue weighted by atomic mass is 10.2. The van der Waals surface area contributed by atoms with Crippen molar-refractivity contribution in [2.75, 3.05) is 5.32 Å². The average Bonchev–Trinajstić information content (AvgIpc) is 2.77. The molecule has 0 aliphatic rings. The summed E-state index contributed by atoms with van der Waals surface area (Å²) in [5.74, 6) is 1.54. The predicted molar refractivity (Wildman–Crippen MR) is 71.6 cm³/mol. The summed E-state index contributed by atoms with van der Waals surface area (Å²) in [5.41, 5.74) is 7.17. The zero-order valence-corrected chi connectivity index (χ0v) is 10.2. The molecule has 2 rings (SSSR count). The first-order valence-electron chi connectivity index (χ1n) is 5.27. The van der Waals surface area contributed by atoms with E-state index in [2.05, 4.69) is 20.5 Å². The van der Waals surface area contributed by atoms with Gasteiger partial charge in [-0.1, -0.05) is 19.1 Å². The molecule has 0 saturated heterocycles. The second-order valence-electron chi connectivity index (χ2n) is 3.53. The number of benzene rings is 1. The van der Waals surface area contributed by atoms with Crippen molar-refractivity contribution in [3.05, 3.63) is 30.1 Å². The van der Waals surface area contributed by atoms with Crippen LogP contribution in [0.25, 0.3) is 11.4 Å². The van der Waals surface area contributed by atoms with Crippen LogP contribution >= 0.6 is 12.2 Å². The fourth-order valence-electron chi connectivity index (χ4n) is 1.46.